The number of aromatic carboxylic acids is 1. The number of alkyl halides is 3. The number of β-amino-alcohol motifs (C(OH)–C–C–N with tert-alkyl or cyclic N) is 1. The summed E-state index contributed by atoms with van der Waals surface area (Å²) in [6.45, 7) is 2.26. The third-order valence-corrected chi connectivity index (χ3v) is 6.74. The van der Waals surface area contributed by atoms with Crippen LogP contribution in [0.2, 0.25) is 0 Å². The van der Waals surface area contributed by atoms with Gasteiger partial charge in [0.05, 0.1) is 33.5 Å². The summed E-state index contributed by atoms with van der Waals surface area (Å²) in [4.78, 5) is 12.6. The van der Waals surface area contributed by atoms with E-state index in [9.17, 15) is 36.6 Å². The predicted molar refractivity (Wildman–Crippen MR) is 112 cm³/mol. The Morgan fingerprint density at radius 2 is 1.94 bits per heavy atom. The van der Waals surface area contributed by atoms with Gasteiger partial charge in [-0.2, -0.15) is 13.2 Å². The minimum Gasteiger partial charge on any atom is -0.478 e. The van der Waals surface area contributed by atoms with E-state index in [1.807, 2.05) is 0 Å². The standard InChI is InChI=1S/C21H23F3N2O5S/c1-2-13-5-6-14(20(28)29)10-19(13)32(30,31)25-17-11-15(21(22,23)24)7-8-18(17)26-9-3-4-16(27)12-26/h5-8,10-11,16,25,27H,2-4,9,12H2,1H3,(H,28,29)/t16-/m1/s1. The van der Waals surface area contributed by atoms with E-state index in [1.54, 1.807) is 11.8 Å². The van der Waals surface area contributed by atoms with Crippen LogP contribution in [0.25, 0.3) is 0 Å². The highest BCUT2D eigenvalue weighted by Gasteiger charge is 2.33. The molecule has 0 radical (unpaired) electrons. The highest BCUT2D eigenvalue weighted by molar-refractivity contribution is 7.92. The number of anilines is 2. The van der Waals surface area contributed by atoms with Gasteiger partial charge < -0.3 is 15.1 Å². The number of benzene rings is 2. The molecular formula is C21H23F3N2O5S. The Morgan fingerprint density at radius 1 is 1.22 bits per heavy atom. The first-order valence-electron chi connectivity index (χ1n) is 9.95. The number of nitrogens with one attached hydrogen (secondary N) is 1. The molecule has 7 nitrogen and oxygen atoms in total. The Kier molecular flexibility index (Phi) is 6.70. The zero-order valence-electron chi connectivity index (χ0n) is 17.2. The van der Waals surface area contributed by atoms with Crippen molar-refractivity contribution in [2.24, 2.45) is 0 Å². The van der Waals surface area contributed by atoms with Gasteiger partial charge in [-0.1, -0.05) is 13.0 Å². The number of carbonyl (C=O) groups is 1. The Morgan fingerprint density at radius 3 is 2.53 bits per heavy atom. The SMILES string of the molecule is CCc1ccc(C(=O)O)cc1S(=O)(=O)Nc1cc(C(F)(F)F)ccc1N1CCC[C@@H](O)C1. The predicted octanol–water partition coefficient (Wildman–Crippen LogP) is 3.73. The highest BCUT2D eigenvalue weighted by atomic mass is 32.2. The fourth-order valence-electron chi connectivity index (χ4n) is 3.67. The van der Waals surface area contributed by atoms with Crippen LogP contribution in [-0.2, 0) is 22.6 Å². The number of halogens is 3. The summed E-state index contributed by atoms with van der Waals surface area (Å²) in [6.07, 6.45) is -3.98. The first-order chi connectivity index (χ1) is 14.9. The topological polar surface area (TPSA) is 107 Å². The van der Waals surface area contributed by atoms with Gasteiger partial charge in [0.1, 0.15) is 0 Å². The molecule has 174 valence electrons. The van der Waals surface area contributed by atoms with Gasteiger partial charge in [-0.05, 0) is 55.2 Å². The van der Waals surface area contributed by atoms with Crippen molar-refractivity contribution in [1.82, 2.24) is 0 Å². The Hall–Kier alpha value is -2.79. The monoisotopic (exact) mass is 472 g/mol. The quantitative estimate of drug-likeness (QED) is 0.592. The number of aryl methyl sites for hydroxylation is 1. The fourth-order valence-corrected chi connectivity index (χ4v) is 5.08. The average Bonchev–Trinajstić information content (AvgIpc) is 2.72. The molecule has 0 spiro atoms. The van der Waals surface area contributed by atoms with Crippen LogP contribution in [0.3, 0.4) is 0 Å². The lowest BCUT2D eigenvalue weighted by molar-refractivity contribution is -0.137. The number of carboxylic acids is 1. The van der Waals surface area contributed by atoms with E-state index in [1.165, 1.54) is 18.2 Å². The molecule has 0 bridgehead atoms. The highest BCUT2D eigenvalue weighted by Crippen LogP contribution is 2.37. The van der Waals surface area contributed by atoms with Gasteiger partial charge in [-0.15, -0.1) is 0 Å². The summed E-state index contributed by atoms with van der Waals surface area (Å²) in [5, 5.41) is 19.2. The van der Waals surface area contributed by atoms with Crippen LogP contribution in [0, 0.1) is 0 Å². The van der Waals surface area contributed by atoms with Gasteiger partial charge in [0.25, 0.3) is 10.0 Å². The van der Waals surface area contributed by atoms with Crippen LogP contribution in [0.4, 0.5) is 24.5 Å². The summed E-state index contributed by atoms with van der Waals surface area (Å²) < 4.78 is 68.5. The summed E-state index contributed by atoms with van der Waals surface area (Å²) in [7, 11) is -4.42. The van der Waals surface area contributed by atoms with Crippen LogP contribution in [-0.4, -0.2) is 43.8 Å². The van der Waals surface area contributed by atoms with Crippen molar-refractivity contribution in [3.8, 4) is 0 Å². The number of rotatable bonds is 6. The molecule has 11 heteroatoms. The molecule has 0 aromatic heterocycles. The lowest BCUT2D eigenvalue weighted by atomic mass is 10.1. The zero-order valence-corrected chi connectivity index (χ0v) is 18.0. The van der Waals surface area contributed by atoms with E-state index in [0.29, 0.717) is 31.0 Å². The van der Waals surface area contributed by atoms with Gasteiger partial charge in [0, 0.05) is 13.1 Å². The number of piperidine rings is 1. The molecule has 2 aromatic carbocycles. The van der Waals surface area contributed by atoms with Gasteiger partial charge in [0.15, 0.2) is 0 Å². The second kappa shape index (κ2) is 8.99. The number of aliphatic hydroxyl groups is 1. The molecule has 1 aliphatic rings. The van der Waals surface area contributed by atoms with E-state index in [-0.39, 0.29) is 34.8 Å². The molecular weight excluding hydrogens is 449 g/mol. The molecule has 1 saturated heterocycles. The minimum absolute atomic E-state index is 0.148. The second-order valence-corrected chi connectivity index (χ2v) is 9.21. The molecule has 0 saturated carbocycles. The first kappa shape index (κ1) is 23.9. The number of hydrogen-bond acceptors (Lipinski definition) is 5. The van der Waals surface area contributed by atoms with Crippen molar-refractivity contribution >= 4 is 27.4 Å². The summed E-state index contributed by atoms with van der Waals surface area (Å²) >= 11 is 0. The number of nitrogens with zero attached hydrogens (tertiary/aromatic N) is 1. The number of aliphatic hydroxyl groups excluding tert-OH is 1. The number of hydrogen-bond donors (Lipinski definition) is 3. The molecule has 2 aromatic rings. The lowest BCUT2D eigenvalue weighted by Crippen LogP contribution is -2.38. The van der Waals surface area contributed by atoms with Gasteiger partial charge in [-0.25, -0.2) is 13.2 Å². The summed E-state index contributed by atoms with van der Waals surface area (Å²) in [5.41, 5.74) is -1.06. The van der Waals surface area contributed by atoms with E-state index in [0.717, 1.165) is 12.1 Å². The van der Waals surface area contributed by atoms with Crippen LogP contribution < -0.4 is 9.62 Å². The maximum absolute atomic E-state index is 13.3. The van der Waals surface area contributed by atoms with Gasteiger partial charge >= 0.3 is 12.1 Å². The van der Waals surface area contributed by atoms with Crippen molar-refractivity contribution in [1.29, 1.82) is 0 Å². The van der Waals surface area contributed by atoms with Crippen molar-refractivity contribution in [3.63, 3.8) is 0 Å². The molecule has 1 heterocycles. The average molecular weight is 472 g/mol. The van der Waals surface area contributed by atoms with Gasteiger partial charge in [0.2, 0.25) is 0 Å². The Labute approximate surface area is 183 Å². The smallest absolute Gasteiger partial charge is 0.416 e. The number of sulfonamides is 1. The lowest BCUT2D eigenvalue weighted by Gasteiger charge is -2.33. The molecule has 3 N–H and O–H groups in total. The second-order valence-electron chi connectivity index (χ2n) is 7.56. The Balaban J connectivity index is 2.10. The van der Waals surface area contributed by atoms with Crippen LogP contribution in [0.15, 0.2) is 41.3 Å². The van der Waals surface area contributed by atoms with Crippen LogP contribution in [0.1, 0.15) is 41.3 Å². The zero-order chi connectivity index (χ0) is 23.7. The molecule has 1 aliphatic heterocycles. The molecule has 1 fully saturated rings. The van der Waals surface area contributed by atoms with Crippen LogP contribution >= 0.6 is 0 Å². The minimum atomic E-state index is -4.70. The van der Waals surface area contributed by atoms with E-state index in [4.69, 9.17) is 0 Å². The van der Waals surface area contributed by atoms with Gasteiger partial charge in [-0.3, -0.25) is 4.72 Å². The van der Waals surface area contributed by atoms with Crippen molar-refractivity contribution < 1.29 is 36.6 Å². The molecule has 1 atom stereocenters. The molecule has 0 amide bonds. The van der Waals surface area contributed by atoms with E-state index < -0.39 is 33.8 Å². The molecule has 0 aliphatic carbocycles. The maximum atomic E-state index is 13.3. The van der Waals surface area contributed by atoms with Crippen molar-refractivity contribution in [3.05, 3.63) is 53.1 Å². The molecule has 32 heavy (non-hydrogen) atoms. The van der Waals surface area contributed by atoms with Crippen LogP contribution in [0.5, 0.6) is 0 Å². The third-order valence-electron chi connectivity index (χ3n) is 5.29. The molecule has 0 unspecified atom stereocenters. The van der Waals surface area contributed by atoms with Crippen molar-refractivity contribution in [2.45, 2.75) is 43.4 Å². The van der Waals surface area contributed by atoms with E-state index in [2.05, 4.69) is 4.72 Å². The van der Waals surface area contributed by atoms with E-state index >= 15 is 0 Å². The molecule has 3 rings (SSSR count). The normalized spacial score (nSPS) is 17.3. The third kappa shape index (κ3) is 5.16. The summed E-state index contributed by atoms with van der Waals surface area (Å²) in [6, 6.07) is 6.36. The fraction of sp³-hybridized carbons (Fsp3) is 0.381. The number of carboxylic acid groups (broad SMARTS) is 1. The maximum Gasteiger partial charge on any atom is 0.416 e. The largest absolute Gasteiger partial charge is 0.478 e. The first-order valence-corrected chi connectivity index (χ1v) is 11.4. The Bertz CT molecular complexity index is 1120. The summed E-state index contributed by atoms with van der Waals surface area (Å²) in [5.74, 6) is -1.33. The van der Waals surface area contributed by atoms with Crippen molar-refractivity contribution in [2.75, 3.05) is 22.7 Å².